The number of pyridine rings is 1. The van der Waals surface area contributed by atoms with Crippen LogP contribution < -0.4 is 15.6 Å². The lowest BCUT2D eigenvalue weighted by molar-refractivity contribution is -0.138. The van der Waals surface area contributed by atoms with Gasteiger partial charge in [0.2, 0.25) is 5.91 Å². The van der Waals surface area contributed by atoms with Gasteiger partial charge in [-0.05, 0) is 81.1 Å². The van der Waals surface area contributed by atoms with E-state index in [9.17, 15) is 19.5 Å². The molecular weight excluding hydrogens is 506 g/mol. The number of aliphatic carboxylic acids is 1. The molecule has 2 bridgehead atoms. The first kappa shape index (κ1) is 29.1. The molecule has 1 amide bonds. The molecular formula is C32H39N3O5. The molecule has 2 N–H and O–H groups in total. The van der Waals surface area contributed by atoms with Crippen LogP contribution in [0.1, 0.15) is 60.9 Å². The van der Waals surface area contributed by atoms with Gasteiger partial charge in [0.1, 0.15) is 11.8 Å². The first-order chi connectivity index (χ1) is 19.2. The molecule has 2 heterocycles. The number of rotatable bonds is 6. The minimum Gasteiger partial charge on any atom is -0.493 e. The van der Waals surface area contributed by atoms with Crippen LogP contribution in [0.4, 0.5) is 0 Å². The SMILES string of the molecule is Cc1cccc2c1-c1cccc(c1)[C@H](CC(=O)O)NC(=O)[C@@H](n1cc(CCN(C)C)ccc1=O)CCCCCO2. The number of hydrogen-bond acceptors (Lipinski definition) is 5. The fourth-order valence-electron chi connectivity index (χ4n) is 5.23. The minimum absolute atomic E-state index is 0.252. The Labute approximate surface area is 235 Å². The van der Waals surface area contributed by atoms with Gasteiger partial charge in [-0.2, -0.15) is 0 Å². The van der Waals surface area contributed by atoms with E-state index in [-0.39, 0.29) is 17.9 Å². The Kier molecular flexibility index (Phi) is 9.77. The Balaban J connectivity index is 1.73. The van der Waals surface area contributed by atoms with Gasteiger partial charge in [-0.1, -0.05) is 42.8 Å². The van der Waals surface area contributed by atoms with Gasteiger partial charge >= 0.3 is 5.97 Å². The van der Waals surface area contributed by atoms with Crippen LogP contribution in [0.5, 0.6) is 5.75 Å². The zero-order chi connectivity index (χ0) is 28.6. The summed E-state index contributed by atoms with van der Waals surface area (Å²) in [6.07, 6.45) is 5.05. The van der Waals surface area contributed by atoms with Crippen molar-refractivity contribution in [2.75, 3.05) is 27.2 Å². The molecule has 0 fully saturated rings. The van der Waals surface area contributed by atoms with Crippen molar-refractivity contribution in [2.45, 2.75) is 57.5 Å². The van der Waals surface area contributed by atoms with Crippen molar-refractivity contribution in [1.29, 1.82) is 0 Å². The van der Waals surface area contributed by atoms with Crippen LogP contribution in [-0.2, 0) is 16.0 Å². The molecule has 0 aliphatic carbocycles. The molecule has 3 aromatic rings. The average Bonchev–Trinajstić information content (AvgIpc) is 2.91. The number of ether oxygens (including phenoxy) is 1. The van der Waals surface area contributed by atoms with Crippen molar-refractivity contribution >= 4 is 11.9 Å². The van der Waals surface area contributed by atoms with Crippen molar-refractivity contribution in [2.24, 2.45) is 0 Å². The second-order valence-electron chi connectivity index (χ2n) is 10.8. The number of aromatic nitrogens is 1. The van der Waals surface area contributed by atoms with E-state index in [0.717, 1.165) is 53.8 Å². The second kappa shape index (κ2) is 13.4. The largest absolute Gasteiger partial charge is 0.493 e. The van der Waals surface area contributed by atoms with E-state index in [0.29, 0.717) is 25.0 Å². The zero-order valence-electron chi connectivity index (χ0n) is 23.6. The van der Waals surface area contributed by atoms with Crippen LogP contribution in [0.2, 0.25) is 0 Å². The van der Waals surface area contributed by atoms with E-state index in [1.54, 1.807) is 6.20 Å². The molecule has 8 nitrogen and oxygen atoms in total. The summed E-state index contributed by atoms with van der Waals surface area (Å²) in [5.41, 5.74) is 4.30. The van der Waals surface area contributed by atoms with E-state index in [1.807, 2.05) is 69.6 Å². The maximum atomic E-state index is 13.8. The minimum atomic E-state index is -1.02. The third-order valence-electron chi connectivity index (χ3n) is 7.37. The van der Waals surface area contributed by atoms with E-state index in [1.165, 1.54) is 10.6 Å². The Hall–Kier alpha value is -3.91. The first-order valence-electron chi connectivity index (χ1n) is 13.9. The number of nitrogens with zero attached hydrogens (tertiary/aromatic N) is 2. The first-order valence-corrected chi connectivity index (χ1v) is 13.9. The van der Waals surface area contributed by atoms with Crippen molar-refractivity contribution in [3.05, 3.63) is 87.8 Å². The van der Waals surface area contributed by atoms with E-state index in [4.69, 9.17) is 4.74 Å². The molecule has 212 valence electrons. The maximum absolute atomic E-state index is 13.8. The number of benzene rings is 2. The van der Waals surface area contributed by atoms with E-state index < -0.39 is 18.1 Å². The van der Waals surface area contributed by atoms with Crippen molar-refractivity contribution in [3.8, 4) is 16.9 Å². The van der Waals surface area contributed by atoms with Crippen LogP contribution in [-0.4, -0.2) is 53.7 Å². The van der Waals surface area contributed by atoms with E-state index in [2.05, 4.69) is 10.2 Å². The van der Waals surface area contributed by atoms with Gasteiger partial charge < -0.3 is 24.6 Å². The summed E-state index contributed by atoms with van der Waals surface area (Å²) in [5, 5.41) is 12.7. The molecule has 0 saturated carbocycles. The summed E-state index contributed by atoms with van der Waals surface area (Å²) in [7, 11) is 3.98. The maximum Gasteiger partial charge on any atom is 0.305 e. The van der Waals surface area contributed by atoms with Gasteiger partial charge in [-0.3, -0.25) is 14.4 Å². The fraction of sp³-hybridized carbons (Fsp3) is 0.406. The average molecular weight is 546 g/mol. The monoisotopic (exact) mass is 545 g/mol. The quantitative estimate of drug-likeness (QED) is 0.464. The number of hydrogen-bond donors (Lipinski definition) is 2. The van der Waals surface area contributed by atoms with Crippen molar-refractivity contribution < 1.29 is 19.4 Å². The highest BCUT2D eigenvalue weighted by Crippen LogP contribution is 2.35. The summed E-state index contributed by atoms with van der Waals surface area (Å²) in [6, 6.07) is 15.3. The Morgan fingerprint density at radius 3 is 2.65 bits per heavy atom. The lowest BCUT2D eigenvalue weighted by atomic mass is 9.94. The summed E-state index contributed by atoms with van der Waals surface area (Å²) in [4.78, 5) is 40.8. The standard InChI is InChI=1S/C32H39N3O5/c1-22-9-7-13-28-31(22)25-11-8-10-24(19-25)26(20-30(37)38)33-32(39)27(12-5-4-6-18-40-28)35-21-23(14-15-29(35)36)16-17-34(2)3/h7-11,13-15,19,21,26-27H,4-6,12,16-18,20H2,1-3H3,(H,33,39)(H,37,38)/t26-,27-/m0/s1. The zero-order valence-corrected chi connectivity index (χ0v) is 23.6. The van der Waals surface area contributed by atoms with E-state index >= 15 is 0 Å². The molecule has 1 aliphatic rings. The highest BCUT2D eigenvalue weighted by atomic mass is 16.5. The number of carbonyl (C=O) groups excluding carboxylic acids is 1. The fourth-order valence-corrected chi connectivity index (χ4v) is 5.23. The van der Waals surface area contributed by atoms with Crippen LogP contribution in [0, 0.1) is 6.92 Å². The number of likely N-dealkylation sites (N-methyl/N-ethyl adjacent to an activating group) is 1. The molecule has 0 spiro atoms. The summed E-state index contributed by atoms with van der Waals surface area (Å²) < 4.78 is 7.73. The molecule has 1 aromatic heterocycles. The molecule has 40 heavy (non-hydrogen) atoms. The lowest BCUT2D eigenvalue weighted by Crippen LogP contribution is -2.39. The smallest absolute Gasteiger partial charge is 0.305 e. The number of carboxylic acid groups (broad SMARTS) is 1. The lowest BCUT2D eigenvalue weighted by Gasteiger charge is -2.24. The second-order valence-corrected chi connectivity index (χ2v) is 10.8. The van der Waals surface area contributed by atoms with Gasteiger partial charge in [-0.15, -0.1) is 0 Å². The van der Waals surface area contributed by atoms with Crippen molar-refractivity contribution in [1.82, 2.24) is 14.8 Å². The third kappa shape index (κ3) is 7.39. The predicted molar refractivity (Wildman–Crippen MR) is 156 cm³/mol. The van der Waals surface area contributed by atoms with Gasteiger partial charge in [0.05, 0.1) is 19.1 Å². The van der Waals surface area contributed by atoms with Crippen LogP contribution >= 0.6 is 0 Å². The highest BCUT2D eigenvalue weighted by Gasteiger charge is 2.27. The molecule has 2 atom stereocenters. The van der Waals surface area contributed by atoms with Gasteiger partial charge in [0.15, 0.2) is 0 Å². The number of amides is 1. The van der Waals surface area contributed by atoms with Crippen molar-refractivity contribution in [3.63, 3.8) is 0 Å². The van der Waals surface area contributed by atoms with Crippen LogP contribution in [0.3, 0.4) is 0 Å². The molecule has 0 unspecified atom stereocenters. The topological polar surface area (TPSA) is 101 Å². The highest BCUT2D eigenvalue weighted by molar-refractivity contribution is 5.82. The number of fused-ring (bicyclic) bond motifs is 4. The number of carboxylic acids is 1. The predicted octanol–water partition coefficient (Wildman–Crippen LogP) is 4.75. The Morgan fingerprint density at radius 2 is 1.88 bits per heavy atom. The molecule has 1 aliphatic heterocycles. The Bertz CT molecular complexity index is 1400. The number of aryl methyl sites for hydroxylation is 1. The summed E-state index contributed by atoms with van der Waals surface area (Å²) in [5.74, 6) is -0.594. The Morgan fingerprint density at radius 1 is 1.07 bits per heavy atom. The normalized spacial score (nSPS) is 18.1. The molecule has 2 aromatic carbocycles. The molecule has 0 radical (unpaired) electrons. The van der Waals surface area contributed by atoms with Gasteiger partial charge in [0.25, 0.3) is 5.56 Å². The number of nitrogens with one attached hydrogen (secondary N) is 1. The third-order valence-corrected chi connectivity index (χ3v) is 7.37. The van der Waals surface area contributed by atoms with Crippen LogP contribution in [0.15, 0.2) is 65.6 Å². The summed E-state index contributed by atoms with van der Waals surface area (Å²) >= 11 is 0. The summed E-state index contributed by atoms with van der Waals surface area (Å²) in [6.45, 7) is 3.37. The van der Waals surface area contributed by atoms with Gasteiger partial charge in [0, 0.05) is 24.4 Å². The van der Waals surface area contributed by atoms with Crippen LogP contribution in [0.25, 0.3) is 11.1 Å². The molecule has 0 saturated heterocycles. The molecule has 8 heteroatoms. The molecule has 4 rings (SSSR count). The van der Waals surface area contributed by atoms with Gasteiger partial charge in [-0.25, -0.2) is 0 Å². The number of carbonyl (C=O) groups is 2.